The maximum atomic E-state index is 11.4. The zero-order valence-corrected chi connectivity index (χ0v) is 8.74. The molecule has 0 bridgehead atoms. The molecule has 6 nitrogen and oxygen atoms in total. The lowest BCUT2D eigenvalue weighted by atomic mass is 10.3. The average molecular weight is 230 g/mol. The van der Waals surface area contributed by atoms with Crippen molar-refractivity contribution in [1.29, 1.82) is 0 Å². The van der Waals surface area contributed by atoms with E-state index in [2.05, 4.69) is 10.3 Å². The molecule has 1 rings (SSSR count). The first-order valence-corrected chi connectivity index (χ1v) is 4.93. The number of aliphatic carboxylic acids is 1. The Bertz CT molecular complexity index is 376. The molecule has 7 heteroatoms. The Kier molecular flexibility index (Phi) is 3.75. The Labute approximate surface area is 89.6 Å². The van der Waals surface area contributed by atoms with Gasteiger partial charge in [0, 0.05) is 0 Å². The number of carboxylic acid groups (broad SMARTS) is 1. The Morgan fingerprint density at radius 3 is 2.73 bits per heavy atom. The third-order valence-corrected chi connectivity index (χ3v) is 2.54. The van der Waals surface area contributed by atoms with E-state index in [1.54, 1.807) is 6.92 Å². The summed E-state index contributed by atoms with van der Waals surface area (Å²) in [6.07, 6.45) is 1.37. The van der Waals surface area contributed by atoms with Crippen LogP contribution in [0.15, 0.2) is 6.20 Å². The van der Waals surface area contributed by atoms with Crippen molar-refractivity contribution in [2.24, 2.45) is 0 Å². The average Bonchev–Trinajstić information content (AvgIpc) is 2.60. The number of carboxylic acids is 1. The molecule has 0 aliphatic carbocycles. The molecule has 0 spiro atoms. The topological polar surface area (TPSA) is 99.5 Å². The zero-order valence-electron chi connectivity index (χ0n) is 7.93. The van der Waals surface area contributed by atoms with E-state index in [-0.39, 0.29) is 0 Å². The van der Waals surface area contributed by atoms with Crippen molar-refractivity contribution in [3.63, 3.8) is 0 Å². The summed E-state index contributed by atoms with van der Waals surface area (Å²) in [4.78, 5) is 26.1. The lowest BCUT2D eigenvalue weighted by Crippen LogP contribution is -2.43. The predicted octanol–water partition coefficient (Wildman–Crippen LogP) is -0.373. The Morgan fingerprint density at radius 1 is 1.67 bits per heavy atom. The van der Waals surface area contributed by atoms with Crippen LogP contribution in [0.2, 0.25) is 0 Å². The van der Waals surface area contributed by atoms with Crippen molar-refractivity contribution in [2.75, 3.05) is 6.61 Å². The van der Waals surface area contributed by atoms with Gasteiger partial charge in [-0.05, 0) is 6.92 Å². The number of thiazole rings is 1. The number of aliphatic hydroxyl groups is 1. The van der Waals surface area contributed by atoms with Crippen LogP contribution in [0.1, 0.15) is 14.7 Å². The largest absolute Gasteiger partial charge is 0.480 e. The van der Waals surface area contributed by atoms with Crippen LogP contribution in [-0.2, 0) is 4.79 Å². The minimum absolute atomic E-state index is 0.326. The molecule has 1 aromatic heterocycles. The minimum Gasteiger partial charge on any atom is -0.480 e. The van der Waals surface area contributed by atoms with Crippen molar-refractivity contribution in [3.8, 4) is 0 Å². The molecule has 0 aliphatic rings. The number of hydrogen-bond donors (Lipinski definition) is 3. The predicted molar refractivity (Wildman–Crippen MR) is 52.8 cm³/mol. The van der Waals surface area contributed by atoms with Crippen LogP contribution in [0.3, 0.4) is 0 Å². The number of aryl methyl sites for hydroxylation is 1. The first kappa shape index (κ1) is 11.6. The molecule has 1 heterocycles. The highest BCUT2D eigenvalue weighted by atomic mass is 32.1. The van der Waals surface area contributed by atoms with E-state index in [9.17, 15) is 9.59 Å². The highest BCUT2D eigenvalue weighted by Crippen LogP contribution is 2.11. The van der Waals surface area contributed by atoms with Gasteiger partial charge in [0.2, 0.25) is 0 Å². The van der Waals surface area contributed by atoms with Gasteiger partial charge >= 0.3 is 5.97 Å². The molecule has 1 amide bonds. The van der Waals surface area contributed by atoms with Gasteiger partial charge in [-0.25, -0.2) is 9.78 Å². The van der Waals surface area contributed by atoms with Crippen molar-refractivity contribution in [2.45, 2.75) is 13.0 Å². The molecule has 0 saturated carbocycles. The van der Waals surface area contributed by atoms with E-state index in [1.807, 2.05) is 0 Å². The summed E-state index contributed by atoms with van der Waals surface area (Å²) in [7, 11) is 0. The number of amides is 1. The fraction of sp³-hybridized carbons (Fsp3) is 0.375. The second-order valence-electron chi connectivity index (χ2n) is 2.79. The van der Waals surface area contributed by atoms with Gasteiger partial charge in [-0.2, -0.15) is 0 Å². The van der Waals surface area contributed by atoms with Gasteiger partial charge in [-0.15, -0.1) is 11.3 Å². The Balaban J connectivity index is 2.66. The van der Waals surface area contributed by atoms with Crippen LogP contribution >= 0.6 is 11.3 Å². The van der Waals surface area contributed by atoms with E-state index in [1.165, 1.54) is 6.20 Å². The smallest absolute Gasteiger partial charge is 0.328 e. The molecule has 82 valence electrons. The lowest BCUT2D eigenvalue weighted by Gasteiger charge is -2.09. The third-order valence-electron chi connectivity index (χ3n) is 1.63. The molecule has 0 radical (unpaired) electrons. The van der Waals surface area contributed by atoms with Crippen LogP contribution in [-0.4, -0.2) is 39.7 Å². The maximum Gasteiger partial charge on any atom is 0.328 e. The number of hydrogen-bond acceptors (Lipinski definition) is 5. The van der Waals surface area contributed by atoms with Gasteiger partial charge in [0.05, 0.1) is 17.8 Å². The number of carbonyl (C=O) groups is 2. The normalized spacial score (nSPS) is 12.1. The minimum atomic E-state index is -1.28. The molecule has 1 unspecified atom stereocenters. The maximum absolute atomic E-state index is 11.4. The summed E-state index contributed by atoms with van der Waals surface area (Å²) >= 11 is 1.16. The second-order valence-corrected chi connectivity index (χ2v) is 4.03. The molecule has 0 aromatic carbocycles. The van der Waals surface area contributed by atoms with Gasteiger partial charge in [0.15, 0.2) is 6.04 Å². The summed E-state index contributed by atoms with van der Waals surface area (Å²) in [5, 5.41) is 20.2. The summed E-state index contributed by atoms with van der Waals surface area (Å²) in [6, 6.07) is -1.28. The summed E-state index contributed by atoms with van der Waals surface area (Å²) < 4.78 is 0. The Hall–Kier alpha value is -1.47. The monoisotopic (exact) mass is 230 g/mol. The fourth-order valence-corrected chi connectivity index (χ4v) is 1.56. The van der Waals surface area contributed by atoms with E-state index >= 15 is 0 Å². The van der Waals surface area contributed by atoms with Gasteiger partial charge < -0.3 is 15.5 Å². The zero-order chi connectivity index (χ0) is 11.4. The molecular formula is C8H10N2O4S. The van der Waals surface area contributed by atoms with E-state index in [4.69, 9.17) is 10.2 Å². The highest BCUT2D eigenvalue weighted by molar-refractivity contribution is 7.13. The molecule has 0 fully saturated rings. The Morgan fingerprint density at radius 2 is 2.33 bits per heavy atom. The van der Waals surface area contributed by atoms with Crippen LogP contribution in [0.25, 0.3) is 0 Å². The van der Waals surface area contributed by atoms with Crippen LogP contribution in [0, 0.1) is 6.92 Å². The van der Waals surface area contributed by atoms with Crippen LogP contribution in [0.5, 0.6) is 0 Å². The number of nitrogens with zero attached hydrogens (tertiary/aromatic N) is 1. The number of aromatic nitrogens is 1. The van der Waals surface area contributed by atoms with Crippen LogP contribution in [0.4, 0.5) is 0 Å². The molecule has 3 N–H and O–H groups in total. The third kappa shape index (κ3) is 3.00. The molecule has 1 atom stereocenters. The molecule has 1 aromatic rings. The highest BCUT2D eigenvalue weighted by Gasteiger charge is 2.20. The van der Waals surface area contributed by atoms with Crippen LogP contribution < -0.4 is 5.32 Å². The second kappa shape index (κ2) is 4.85. The SMILES string of the molecule is Cc1ncc(C(=O)NC(CO)C(=O)O)s1. The van der Waals surface area contributed by atoms with E-state index in [0.29, 0.717) is 4.88 Å². The van der Waals surface area contributed by atoms with E-state index < -0.39 is 24.5 Å². The lowest BCUT2D eigenvalue weighted by molar-refractivity contribution is -0.140. The molecule has 15 heavy (non-hydrogen) atoms. The standard InChI is InChI=1S/C8H10N2O4S/c1-4-9-2-6(15-4)7(12)10-5(3-11)8(13)14/h2,5,11H,3H2,1H3,(H,10,12)(H,13,14). The molecule has 0 aliphatic heterocycles. The number of nitrogens with one attached hydrogen (secondary N) is 1. The summed E-state index contributed by atoms with van der Waals surface area (Å²) in [5.41, 5.74) is 0. The van der Waals surface area contributed by atoms with Gasteiger partial charge in [0.25, 0.3) is 5.91 Å². The van der Waals surface area contributed by atoms with Crippen molar-refractivity contribution < 1.29 is 19.8 Å². The first-order chi connectivity index (χ1) is 7.04. The van der Waals surface area contributed by atoms with E-state index in [0.717, 1.165) is 16.3 Å². The molecular weight excluding hydrogens is 220 g/mol. The summed E-state index contributed by atoms with van der Waals surface area (Å²) in [6.45, 7) is 1.10. The number of rotatable bonds is 4. The van der Waals surface area contributed by atoms with Gasteiger partial charge in [0.1, 0.15) is 4.88 Å². The number of carbonyl (C=O) groups excluding carboxylic acids is 1. The van der Waals surface area contributed by atoms with Crippen molar-refractivity contribution in [3.05, 3.63) is 16.1 Å². The van der Waals surface area contributed by atoms with Gasteiger partial charge in [-0.3, -0.25) is 4.79 Å². The molecule has 0 saturated heterocycles. The van der Waals surface area contributed by atoms with Crippen molar-refractivity contribution in [1.82, 2.24) is 10.3 Å². The van der Waals surface area contributed by atoms with Crippen molar-refractivity contribution >= 4 is 23.2 Å². The summed E-state index contributed by atoms with van der Waals surface area (Å²) in [5.74, 6) is -1.81. The number of aliphatic hydroxyl groups excluding tert-OH is 1. The quantitative estimate of drug-likeness (QED) is 0.655. The first-order valence-electron chi connectivity index (χ1n) is 4.11. The van der Waals surface area contributed by atoms with Gasteiger partial charge in [-0.1, -0.05) is 0 Å². The fourth-order valence-electron chi connectivity index (χ4n) is 0.881.